The fourth-order valence-electron chi connectivity index (χ4n) is 2.09. The molecule has 0 bridgehead atoms. The molecular weight excluding hydrogens is 255 g/mol. The zero-order chi connectivity index (χ0) is 14.5. The molecule has 4 nitrogen and oxygen atoms in total. The molecule has 0 fully saturated rings. The minimum atomic E-state index is -0.237. The van der Waals surface area contributed by atoms with Crippen LogP contribution in [0.2, 0.25) is 0 Å². The lowest BCUT2D eigenvalue weighted by Gasteiger charge is -2.18. The van der Waals surface area contributed by atoms with Crippen molar-refractivity contribution >= 4 is 11.6 Å². The topological polar surface area (TPSA) is 63.8 Å². The maximum absolute atomic E-state index is 12.9. The Balaban J connectivity index is 2.21. The van der Waals surface area contributed by atoms with Gasteiger partial charge in [0, 0.05) is 11.6 Å². The second kappa shape index (κ2) is 6.32. The molecule has 0 aliphatic carbocycles. The van der Waals surface area contributed by atoms with Gasteiger partial charge in [0.15, 0.2) is 0 Å². The highest BCUT2D eigenvalue weighted by Gasteiger charge is 2.12. The SMILES string of the molecule is CCCc1c(N)ncnc1NC(C)c1ccc(F)cc1. The van der Waals surface area contributed by atoms with Crippen LogP contribution < -0.4 is 11.1 Å². The summed E-state index contributed by atoms with van der Waals surface area (Å²) in [6, 6.07) is 6.44. The van der Waals surface area contributed by atoms with Gasteiger partial charge in [-0.1, -0.05) is 25.5 Å². The van der Waals surface area contributed by atoms with E-state index in [1.54, 1.807) is 12.1 Å². The second-order valence-corrected chi connectivity index (χ2v) is 4.75. The van der Waals surface area contributed by atoms with Crippen LogP contribution in [0.1, 0.15) is 37.4 Å². The molecule has 1 aromatic carbocycles. The molecule has 1 unspecified atom stereocenters. The number of aromatic nitrogens is 2. The van der Waals surface area contributed by atoms with E-state index >= 15 is 0 Å². The molecular formula is C15H19FN4. The first-order valence-corrected chi connectivity index (χ1v) is 6.73. The third-order valence-corrected chi connectivity index (χ3v) is 3.20. The summed E-state index contributed by atoms with van der Waals surface area (Å²) in [6.45, 7) is 4.08. The predicted molar refractivity (Wildman–Crippen MR) is 78.9 cm³/mol. The van der Waals surface area contributed by atoms with Crippen molar-refractivity contribution in [3.63, 3.8) is 0 Å². The average molecular weight is 274 g/mol. The van der Waals surface area contributed by atoms with E-state index in [4.69, 9.17) is 5.73 Å². The molecule has 3 N–H and O–H groups in total. The standard InChI is InChI=1S/C15H19FN4/c1-3-4-13-14(17)18-9-19-15(13)20-10(2)11-5-7-12(16)8-6-11/h5-10H,3-4H2,1-2H3,(H3,17,18,19,20). The molecule has 0 radical (unpaired) electrons. The summed E-state index contributed by atoms with van der Waals surface area (Å²) >= 11 is 0. The first-order valence-electron chi connectivity index (χ1n) is 6.73. The molecule has 1 aromatic heterocycles. The molecule has 0 saturated carbocycles. The monoisotopic (exact) mass is 274 g/mol. The molecule has 0 spiro atoms. The molecule has 106 valence electrons. The zero-order valence-electron chi connectivity index (χ0n) is 11.7. The van der Waals surface area contributed by atoms with E-state index in [2.05, 4.69) is 22.2 Å². The van der Waals surface area contributed by atoms with Crippen LogP contribution in [0, 0.1) is 5.82 Å². The molecule has 1 heterocycles. The van der Waals surface area contributed by atoms with Crippen molar-refractivity contribution in [3.8, 4) is 0 Å². The number of hydrogen-bond acceptors (Lipinski definition) is 4. The Bertz CT molecular complexity index is 569. The van der Waals surface area contributed by atoms with Crippen molar-refractivity contribution in [3.05, 3.63) is 47.5 Å². The van der Waals surface area contributed by atoms with Gasteiger partial charge in [-0.15, -0.1) is 0 Å². The summed E-state index contributed by atoms with van der Waals surface area (Å²) < 4.78 is 12.9. The quantitative estimate of drug-likeness (QED) is 0.878. The van der Waals surface area contributed by atoms with Crippen molar-refractivity contribution in [2.24, 2.45) is 0 Å². The number of nitrogens with one attached hydrogen (secondary N) is 1. The van der Waals surface area contributed by atoms with Gasteiger partial charge in [-0.2, -0.15) is 0 Å². The van der Waals surface area contributed by atoms with Gasteiger partial charge < -0.3 is 11.1 Å². The molecule has 0 aliphatic heterocycles. The van der Waals surface area contributed by atoms with E-state index in [1.807, 2.05) is 6.92 Å². The van der Waals surface area contributed by atoms with Crippen molar-refractivity contribution < 1.29 is 4.39 Å². The number of nitrogens with zero attached hydrogens (tertiary/aromatic N) is 2. The van der Waals surface area contributed by atoms with Crippen LogP contribution in [0.5, 0.6) is 0 Å². The zero-order valence-corrected chi connectivity index (χ0v) is 11.7. The van der Waals surface area contributed by atoms with E-state index in [-0.39, 0.29) is 11.9 Å². The Kier molecular flexibility index (Phi) is 4.50. The summed E-state index contributed by atoms with van der Waals surface area (Å²) in [7, 11) is 0. The largest absolute Gasteiger partial charge is 0.383 e. The number of rotatable bonds is 5. The highest BCUT2D eigenvalue weighted by atomic mass is 19.1. The average Bonchev–Trinajstić information content (AvgIpc) is 2.43. The Hall–Kier alpha value is -2.17. The summed E-state index contributed by atoms with van der Waals surface area (Å²) in [6.07, 6.45) is 3.25. The number of nitrogen functional groups attached to an aromatic ring is 1. The number of anilines is 2. The van der Waals surface area contributed by atoms with Crippen LogP contribution in [-0.4, -0.2) is 9.97 Å². The molecule has 2 aromatic rings. The predicted octanol–water partition coefficient (Wildman–Crippen LogP) is 3.32. The number of benzene rings is 1. The Morgan fingerprint density at radius 3 is 2.60 bits per heavy atom. The van der Waals surface area contributed by atoms with Gasteiger partial charge in [0.05, 0.1) is 0 Å². The van der Waals surface area contributed by atoms with Crippen LogP contribution in [0.4, 0.5) is 16.0 Å². The molecule has 5 heteroatoms. The lowest BCUT2D eigenvalue weighted by atomic mass is 10.1. The van der Waals surface area contributed by atoms with E-state index < -0.39 is 0 Å². The highest BCUT2D eigenvalue weighted by Crippen LogP contribution is 2.24. The van der Waals surface area contributed by atoms with Crippen LogP contribution >= 0.6 is 0 Å². The van der Waals surface area contributed by atoms with Gasteiger partial charge >= 0.3 is 0 Å². The third kappa shape index (κ3) is 3.23. The summed E-state index contributed by atoms with van der Waals surface area (Å²) in [4.78, 5) is 8.29. The van der Waals surface area contributed by atoms with Crippen LogP contribution in [-0.2, 0) is 6.42 Å². The fraction of sp³-hybridized carbons (Fsp3) is 0.333. The molecule has 2 rings (SSSR count). The van der Waals surface area contributed by atoms with Crippen molar-refractivity contribution in [2.75, 3.05) is 11.1 Å². The normalized spacial score (nSPS) is 12.2. The lowest BCUT2D eigenvalue weighted by Crippen LogP contribution is -2.12. The summed E-state index contributed by atoms with van der Waals surface area (Å²) in [5.41, 5.74) is 7.83. The lowest BCUT2D eigenvalue weighted by molar-refractivity contribution is 0.626. The number of halogens is 1. The van der Waals surface area contributed by atoms with Crippen LogP contribution in [0.3, 0.4) is 0 Å². The van der Waals surface area contributed by atoms with Gasteiger partial charge in [-0.3, -0.25) is 0 Å². The second-order valence-electron chi connectivity index (χ2n) is 4.75. The van der Waals surface area contributed by atoms with Crippen molar-refractivity contribution in [1.29, 1.82) is 0 Å². The Morgan fingerprint density at radius 1 is 1.25 bits per heavy atom. The van der Waals surface area contributed by atoms with Crippen molar-refractivity contribution in [2.45, 2.75) is 32.7 Å². The number of hydrogen-bond donors (Lipinski definition) is 2. The van der Waals surface area contributed by atoms with E-state index in [1.165, 1.54) is 18.5 Å². The summed E-state index contributed by atoms with van der Waals surface area (Å²) in [5, 5.41) is 3.32. The van der Waals surface area contributed by atoms with E-state index in [0.29, 0.717) is 5.82 Å². The number of nitrogens with two attached hydrogens (primary N) is 1. The first-order chi connectivity index (χ1) is 9.61. The minimum absolute atomic E-state index is 0.0144. The maximum atomic E-state index is 12.9. The molecule has 1 atom stereocenters. The van der Waals surface area contributed by atoms with Crippen LogP contribution in [0.25, 0.3) is 0 Å². The van der Waals surface area contributed by atoms with Crippen molar-refractivity contribution in [1.82, 2.24) is 9.97 Å². The molecule has 0 saturated heterocycles. The van der Waals surface area contributed by atoms with Crippen LogP contribution in [0.15, 0.2) is 30.6 Å². The van der Waals surface area contributed by atoms with Gasteiger partial charge in [0.2, 0.25) is 0 Å². The van der Waals surface area contributed by atoms with Gasteiger partial charge in [-0.25, -0.2) is 14.4 Å². The highest BCUT2D eigenvalue weighted by molar-refractivity contribution is 5.55. The van der Waals surface area contributed by atoms with Gasteiger partial charge in [-0.05, 0) is 31.0 Å². The smallest absolute Gasteiger partial charge is 0.135 e. The Labute approximate surface area is 118 Å². The van der Waals surface area contributed by atoms with E-state index in [0.717, 1.165) is 29.8 Å². The Morgan fingerprint density at radius 2 is 1.95 bits per heavy atom. The fourth-order valence-corrected chi connectivity index (χ4v) is 2.09. The molecule has 0 aliphatic rings. The van der Waals surface area contributed by atoms with E-state index in [9.17, 15) is 4.39 Å². The molecule has 20 heavy (non-hydrogen) atoms. The minimum Gasteiger partial charge on any atom is -0.383 e. The summed E-state index contributed by atoms with van der Waals surface area (Å²) in [5.74, 6) is 1.02. The first kappa shape index (κ1) is 14.2. The maximum Gasteiger partial charge on any atom is 0.135 e. The third-order valence-electron chi connectivity index (χ3n) is 3.20. The van der Waals surface area contributed by atoms with Gasteiger partial charge in [0.25, 0.3) is 0 Å². The van der Waals surface area contributed by atoms with Gasteiger partial charge in [0.1, 0.15) is 23.8 Å². The molecule has 0 amide bonds.